The van der Waals surface area contributed by atoms with Gasteiger partial charge in [0, 0.05) is 38.3 Å². The van der Waals surface area contributed by atoms with Crippen LogP contribution in [0.5, 0.6) is 0 Å². The molecule has 2 aromatic carbocycles. The molecule has 0 atom stereocenters. The molecule has 0 bridgehead atoms. The second-order valence-corrected chi connectivity index (χ2v) is 8.43. The van der Waals surface area contributed by atoms with Gasteiger partial charge in [0.05, 0.1) is 4.88 Å². The van der Waals surface area contributed by atoms with E-state index in [-0.39, 0.29) is 11.7 Å². The lowest BCUT2D eigenvalue weighted by molar-refractivity contribution is 0.0992. The fourth-order valence-electron chi connectivity index (χ4n) is 3.03. The van der Waals surface area contributed by atoms with Crippen molar-refractivity contribution in [1.29, 1.82) is 0 Å². The molecule has 2 nitrogen and oxygen atoms in total. The third-order valence-electron chi connectivity index (χ3n) is 4.29. The SMILES string of the molecule is CCN(C(=O)c1cc2c(s1)-c1ccc(Cl)cc1SC2)c1ccc(F)cc1. The molecule has 132 valence electrons. The number of nitrogens with zero attached hydrogens (tertiary/aromatic N) is 1. The van der Waals surface area contributed by atoms with Gasteiger partial charge < -0.3 is 4.90 Å². The Morgan fingerprint density at radius 1 is 1.19 bits per heavy atom. The molecule has 4 rings (SSSR count). The summed E-state index contributed by atoms with van der Waals surface area (Å²) >= 11 is 9.35. The van der Waals surface area contributed by atoms with Crippen molar-refractivity contribution in [2.45, 2.75) is 17.6 Å². The number of hydrogen-bond acceptors (Lipinski definition) is 3. The number of benzene rings is 2. The van der Waals surface area contributed by atoms with Crippen molar-refractivity contribution >= 4 is 46.3 Å². The predicted molar refractivity (Wildman–Crippen MR) is 108 cm³/mol. The Balaban J connectivity index is 1.70. The fraction of sp³-hybridized carbons (Fsp3) is 0.150. The molecular formula is C20H15ClFNOS2. The van der Waals surface area contributed by atoms with Crippen LogP contribution in [0.25, 0.3) is 10.4 Å². The minimum atomic E-state index is -0.309. The normalized spacial score (nSPS) is 12.4. The lowest BCUT2D eigenvalue weighted by Crippen LogP contribution is -2.29. The van der Waals surface area contributed by atoms with E-state index in [1.165, 1.54) is 29.0 Å². The summed E-state index contributed by atoms with van der Waals surface area (Å²) in [5, 5.41) is 0.723. The van der Waals surface area contributed by atoms with Gasteiger partial charge in [-0.3, -0.25) is 4.79 Å². The molecule has 1 aliphatic rings. The van der Waals surface area contributed by atoms with Crippen LogP contribution in [0.1, 0.15) is 22.2 Å². The van der Waals surface area contributed by atoms with Gasteiger partial charge in [0.2, 0.25) is 0 Å². The first-order chi connectivity index (χ1) is 12.6. The lowest BCUT2D eigenvalue weighted by atomic mass is 10.1. The number of fused-ring (bicyclic) bond motifs is 3. The molecule has 6 heteroatoms. The summed E-state index contributed by atoms with van der Waals surface area (Å²) in [6, 6.07) is 13.9. The van der Waals surface area contributed by atoms with E-state index < -0.39 is 0 Å². The van der Waals surface area contributed by atoms with Crippen molar-refractivity contribution in [1.82, 2.24) is 0 Å². The molecule has 1 aromatic heterocycles. The highest BCUT2D eigenvalue weighted by Crippen LogP contribution is 2.46. The maximum atomic E-state index is 13.2. The molecule has 0 unspecified atom stereocenters. The smallest absolute Gasteiger partial charge is 0.268 e. The predicted octanol–water partition coefficient (Wildman–Crippen LogP) is 6.48. The van der Waals surface area contributed by atoms with Gasteiger partial charge >= 0.3 is 0 Å². The number of anilines is 1. The summed E-state index contributed by atoms with van der Waals surface area (Å²) in [6.45, 7) is 2.44. The molecule has 0 fully saturated rings. The lowest BCUT2D eigenvalue weighted by Gasteiger charge is -2.20. The summed E-state index contributed by atoms with van der Waals surface area (Å²) in [6.07, 6.45) is 0. The van der Waals surface area contributed by atoms with Crippen LogP contribution in [0.15, 0.2) is 53.4 Å². The van der Waals surface area contributed by atoms with Crippen LogP contribution < -0.4 is 4.90 Å². The van der Waals surface area contributed by atoms with Crippen LogP contribution in [-0.2, 0) is 5.75 Å². The molecule has 0 saturated heterocycles. The standard InChI is InChI=1S/C20H15ClFNOS2/c1-2-23(15-6-4-14(22)5-7-15)20(24)18-9-12-11-25-17-10-13(21)3-8-16(17)19(12)26-18/h3-10H,2,11H2,1H3. The van der Waals surface area contributed by atoms with Crippen LogP contribution in [0, 0.1) is 5.82 Å². The summed E-state index contributed by atoms with van der Waals surface area (Å²) in [5.41, 5.74) is 3.01. The van der Waals surface area contributed by atoms with Crippen molar-refractivity contribution < 1.29 is 9.18 Å². The summed E-state index contributed by atoms with van der Waals surface area (Å²) in [4.78, 5) is 17.7. The number of hydrogen-bond donors (Lipinski definition) is 0. The van der Waals surface area contributed by atoms with Crippen molar-refractivity contribution in [3.8, 4) is 10.4 Å². The first-order valence-electron chi connectivity index (χ1n) is 8.19. The summed E-state index contributed by atoms with van der Waals surface area (Å²) in [5.74, 6) is 0.463. The Morgan fingerprint density at radius 2 is 1.96 bits per heavy atom. The van der Waals surface area contributed by atoms with E-state index in [0.717, 1.165) is 26.1 Å². The highest BCUT2D eigenvalue weighted by molar-refractivity contribution is 7.98. The average molecular weight is 404 g/mol. The van der Waals surface area contributed by atoms with Gasteiger partial charge in [-0.05, 0) is 55.0 Å². The number of amides is 1. The van der Waals surface area contributed by atoms with Gasteiger partial charge in [-0.15, -0.1) is 23.1 Å². The molecule has 1 aliphatic heterocycles. The minimum absolute atomic E-state index is 0.0565. The zero-order valence-corrected chi connectivity index (χ0v) is 16.3. The van der Waals surface area contributed by atoms with Crippen molar-refractivity contribution in [2.75, 3.05) is 11.4 Å². The van der Waals surface area contributed by atoms with Crippen LogP contribution in [-0.4, -0.2) is 12.5 Å². The number of halogens is 2. The van der Waals surface area contributed by atoms with E-state index in [1.54, 1.807) is 28.8 Å². The maximum Gasteiger partial charge on any atom is 0.268 e. The van der Waals surface area contributed by atoms with Crippen LogP contribution >= 0.6 is 34.7 Å². The number of thiophene rings is 1. The topological polar surface area (TPSA) is 20.3 Å². The first-order valence-corrected chi connectivity index (χ1v) is 10.4. The van der Waals surface area contributed by atoms with E-state index in [0.29, 0.717) is 17.1 Å². The molecule has 0 spiro atoms. The zero-order chi connectivity index (χ0) is 18.3. The Hall–Kier alpha value is -1.82. The van der Waals surface area contributed by atoms with Crippen molar-refractivity contribution in [3.05, 3.63) is 69.8 Å². The highest BCUT2D eigenvalue weighted by Gasteiger charge is 2.25. The number of carbonyl (C=O) groups excluding carboxylic acids is 1. The highest BCUT2D eigenvalue weighted by atomic mass is 35.5. The summed E-state index contributed by atoms with van der Waals surface area (Å²) < 4.78 is 13.2. The fourth-order valence-corrected chi connectivity index (χ4v) is 5.66. The molecule has 0 N–H and O–H groups in total. The van der Waals surface area contributed by atoms with Gasteiger partial charge in [-0.1, -0.05) is 17.7 Å². The van der Waals surface area contributed by atoms with Gasteiger partial charge in [-0.25, -0.2) is 4.39 Å². The van der Waals surface area contributed by atoms with E-state index in [2.05, 4.69) is 0 Å². The van der Waals surface area contributed by atoms with Crippen molar-refractivity contribution in [3.63, 3.8) is 0 Å². The number of thioether (sulfide) groups is 1. The second-order valence-electron chi connectivity index (χ2n) is 5.92. The van der Waals surface area contributed by atoms with Crippen molar-refractivity contribution in [2.24, 2.45) is 0 Å². The monoisotopic (exact) mass is 403 g/mol. The van der Waals surface area contributed by atoms with E-state index >= 15 is 0 Å². The van der Waals surface area contributed by atoms with Gasteiger partial charge in [0.15, 0.2) is 0 Å². The maximum absolute atomic E-state index is 13.2. The van der Waals surface area contributed by atoms with E-state index in [4.69, 9.17) is 11.6 Å². The third-order valence-corrected chi connectivity index (χ3v) is 6.83. The van der Waals surface area contributed by atoms with E-state index in [9.17, 15) is 9.18 Å². The third kappa shape index (κ3) is 3.15. The largest absolute Gasteiger partial charge is 0.308 e. The van der Waals surface area contributed by atoms with Gasteiger partial charge in [0.1, 0.15) is 5.82 Å². The quantitative estimate of drug-likeness (QED) is 0.498. The minimum Gasteiger partial charge on any atom is -0.308 e. The molecule has 0 aliphatic carbocycles. The van der Waals surface area contributed by atoms with Gasteiger partial charge in [-0.2, -0.15) is 0 Å². The molecule has 0 saturated carbocycles. The Morgan fingerprint density at radius 3 is 2.69 bits per heavy atom. The Kier molecular flexibility index (Phi) is 4.78. The number of carbonyl (C=O) groups is 1. The van der Waals surface area contributed by atoms with Crippen LogP contribution in [0.2, 0.25) is 5.02 Å². The van der Waals surface area contributed by atoms with E-state index in [1.807, 2.05) is 31.2 Å². The van der Waals surface area contributed by atoms with Crippen LogP contribution in [0.3, 0.4) is 0 Å². The first kappa shape index (κ1) is 17.6. The molecule has 1 amide bonds. The summed E-state index contributed by atoms with van der Waals surface area (Å²) in [7, 11) is 0. The Bertz CT molecular complexity index is 984. The molecular weight excluding hydrogens is 389 g/mol. The van der Waals surface area contributed by atoms with Crippen LogP contribution in [0.4, 0.5) is 10.1 Å². The molecule has 3 aromatic rings. The molecule has 0 radical (unpaired) electrons. The average Bonchev–Trinajstić information content (AvgIpc) is 3.08. The zero-order valence-electron chi connectivity index (χ0n) is 14.0. The number of rotatable bonds is 3. The molecule has 2 heterocycles. The van der Waals surface area contributed by atoms with Gasteiger partial charge in [0.25, 0.3) is 5.91 Å². The second kappa shape index (κ2) is 7.06. The molecule has 26 heavy (non-hydrogen) atoms. The Labute approximate surface area is 164 Å².